The third-order valence-corrected chi connectivity index (χ3v) is 5.04. The molecule has 1 aromatic heterocycles. The minimum Gasteiger partial charge on any atom is -0.356 e. The second kappa shape index (κ2) is 12.8. The van der Waals surface area contributed by atoms with Crippen molar-refractivity contribution in [1.82, 2.24) is 15.5 Å². The van der Waals surface area contributed by atoms with E-state index < -0.39 is 0 Å². The number of thiophene rings is 1. The smallest absolute Gasteiger partial charge is 0.243 e. The van der Waals surface area contributed by atoms with Crippen LogP contribution in [0.5, 0.6) is 0 Å². The number of aliphatic imine (C=N–C) groups is 1. The molecule has 0 aliphatic rings. The van der Waals surface area contributed by atoms with Gasteiger partial charge in [-0.3, -0.25) is 4.79 Å². The fraction of sp³-hybridized carbons (Fsp3) is 0.429. The van der Waals surface area contributed by atoms with Crippen molar-refractivity contribution in [3.05, 3.63) is 57.3 Å². The van der Waals surface area contributed by atoms with Crippen LogP contribution in [0.15, 0.2) is 40.7 Å². The van der Waals surface area contributed by atoms with Crippen LogP contribution in [0.25, 0.3) is 0 Å². The highest BCUT2D eigenvalue weighted by Crippen LogP contribution is 2.09. The molecule has 28 heavy (non-hydrogen) atoms. The first-order valence-electron chi connectivity index (χ1n) is 9.26. The molecule has 0 atom stereocenters. The lowest BCUT2D eigenvalue weighted by Gasteiger charge is -2.14. The van der Waals surface area contributed by atoms with Gasteiger partial charge in [-0.1, -0.05) is 35.4 Å². The monoisotopic (exact) mass is 514 g/mol. The number of aryl methyl sites for hydroxylation is 2. The van der Waals surface area contributed by atoms with Crippen LogP contribution >= 0.6 is 35.3 Å². The maximum absolute atomic E-state index is 11.8. The molecule has 5 nitrogen and oxygen atoms in total. The Kier molecular flexibility index (Phi) is 11.1. The number of hydrogen-bond acceptors (Lipinski definition) is 3. The summed E-state index contributed by atoms with van der Waals surface area (Å²) in [6.07, 6.45) is 1.85. The van der Waals surface area contributed by atoms with E-state index in [1.54, 1.807) is 30.3 Å². The summed E-state index contributed by atoms with van der Waals surface area (Å²) in [5, 5.41) is 8.77. The predicted octanol–water partition coefficient (Wildman–Crippen LogP) is 3.39. The lowest BCUT2D eigenvalue weighted by Crippen LogP contribution is -2.40. The minimum atomic E-state index is -0.0105. The van der Waals surface area contributed by atoms with Gasteiger partial charge in [0.25, 0.3) is 0 Å². The van der Waals surface area contributed by atoms with E-state index in [0.29, 0.717) is 5.96 Å². The van der Waals surface area contributed by atoms with Crippen molar-refractivity contribution in [2.45, 2.75) is 26.7 Å². The Morgan fingerprint density at radius 3 is 2.29 bits per heavy atom. The van der Waals surface area contributed by atoms with E-state index in [0.717, 1.165) is 25.9 Å². The second-order valence-corrected chi connectivity index (χ2v) is 7.91. The van der Waals surface area contributed by atoms with Gasteiger partial charge < -0.3 is 15.5 Å². The largest absolute Gasteiger partial charge is 0.356 e. The number of rotatable bonds is 8. The highest BCUT2D eigenvalue weighted by Gasteiger charge is 2.05. The summed E-state index contributed by atoms with van der Waals surface area (Å²) in [4.78, 5) is 19.2. The first-order valence-corrected chi connectivity index (χ1v) is 10.1. The lowest BCUT2D eigenvalue weighted by molar-refractivity contribution is -0.127. The van der Waals surface area contributed by atoms with Crippen LogP contribution < -0.4 is 10.6 Å². The van der Waals surface area contributed by atoms with Crippen molar-refractivity contribution in [3.63, 3.8) is 0 Å². The van der Waals surface area contributed by atoms with E-state index in [1.807, 2.05) is 0 Å². The van der Waals surface area contributed by atoms with Gasteiger partial charge >= 0.3 is 0 Å². The number of carbonyl (C=O) groups excluding carboxylic acids is 1. The van der Waals surface area contributed by atoms with E-state index in [1.165, 1.54) is 21.6 Å². The Morgan fingerprint density at radius 2 is 1.71 bits per heavy atom. The van der Waals surface area contributed by atoms with E-state index >= 15 is 0 Å². The summed E-state index contributed by atoms with van der Waals surface area (Å²) < 4.78 is 0. The SMILES string of the molecule is Cc1cc(C)cc(CCNC(=NCC(=O)N(C)C)NCCc2cccs2)c1.I. The Hall–Kier alpha value is -1.61. The molecule has 1 heterocycles. The van der Waals surface area contributed by atoms with Crippen molar-refractivity contribution >= 4 is 47.2 Å². The summed E-state index contributed by atoms with van der Waals surface area (Å²) in [5.41, 5.74) is 3.87. The molecule has 0 fully saturated rings. The van der Waals surface area contributed by atoms with Gasteiger partial charge in [0.1, 0.15) is 6.54 Å². The normalized spacial score (nSPS) is 10.9. The molecule has 1 amide bonds. The van der Waals surface area contributed by atoms with Crippen LogP contribution in [0.1, 0.15) is 21.6 Å². The van der Waals surface area contributed by atoms with Gasteiger partial charge in [0.05, 0.1) is 0 Å². The van der Waals surface area contributed by atoms with Crippen molar-refractivity contribution in [2.24, 2.45) is 4.99 Å². The van der Waals surface area contributed by atoms with Crippen LogP contribution in [0, 0.1) is 13.8 Å². The number of halogens is 1. The van der Waals surface area contributed by atoms with E-state index in [9.17, 15) is 4.79 Å². The van der Waals surface area contributed by atoms with Crippen LogP contribution in [-0.4, -0.2) is 50.5 Å². The number of nitrogens with one attached hydrogen (secondary N) is 2. The topological polar surface area (TPSA) is 56.7 Å². The minimum absolute atomic E-state index is 0. The highest BCUT2D eigenvalue weighted by atomic mass is 127. The molecule has 7 heteroatoms. The Morgan fingerprint density at radius 1 is 1.07 bits per heavy atom. The first kappa shape index (κ1) is 24.4. The summed E-state index contributed by atoms with van der Waals surface area (Å²) in [5.74, 6) is 0.676. The highest BCUT2D eigenvalue weighted by molar-refractivity contribution is 14.0. The Balaban J connectivity index is 0.00000392. The number of guanidine groups is 1. The third-order valence-electron chi connectivity index (χ3n) is 4.10. The molecule has 0 saturated heterocycles. The average Bonchev–Trinajstić information content (AvgIpc) is 3.11. The molecule has 1 aromatic carbocycles. The van der Waals surface area contributed by atoms with Gasteiger partial charge in [-0.15, -0.1) is 35.3 Å². The maximum Gasteiger partial charge on any atom is 0.243 e. The maximum atomic E-state index is 11.8. The molecule has 2 aromatic rings. The molecule has 154 valence electrons. The lowest BCUT2D eigenvalue weighted by atomic mass is 10.1. The van der Waals surface area contributed by atoms with Gasteiger partial charge in [-0.2, -0.15) is 0 Å². The zero-order valence-corrected chi connectivity index (χ0v) is 20.3. The van der Waals surface area contributed by atoms with Crippen molar-refractivity contribution in [3.8, 4) is 0 Å². The zero-order chi connectivity index (χ0) is 19.6. The quantitative estimate of drug-likeness (QED) is 0.323. The van der Waals surface area contributed by atoms with Crippen LogP contribution in [-0.2, 0) is 17.6 Å². The third kappa shape index (κ3) is 9.05. The molecule has 0 unspecified atom stereocenters. The van der Waals surface area contributed by atoms with Crippen LogP contribution in [0.3, 0.4) is 0 Å². The summed E-state index contributed by atoms with van der Waals surface area (Å²) >= 11 is 1.75. The number of benzene rings is 1. The molecule has 2 N–H and O–H groups in total. The zero-order valence-electron chi connectivity index (χ0n) is 17.1. The van der Waals surface area contributed by atoms with E-state index in [4.69, 9.17) is 0 Å². The number of nitrogens with zero attached hydrogens (tertiary/aromatic N) is 2. The molecule has 0 aliphatic heterocycles. The molecule has 0 aliphatic carbocycles. The summed E-state index contributed by atoms with van der Waals surface area (Å²) in [6, 6.07) is 10.8. The molecule has 2 rings (SSSR count). The molecule has 0 radical (unpaired) electrons. The Bertz CT molecular complexity index is 740. The first-order chi connectivity index (χ1) is 12.9. The average molecular weight is 514 g/mol. The van der Waals surface area contributed by atoms with Crippen molar-refractivity contribution in [2.75, 3.05) is 33.7 Å². The molecule has 0 bridgehead atoms. The molecular weight excluding hydrogens is 483 g/mol. The molecule has 0 spiro atoms. The van der Waals surface area contributed by atoms with Crippen molar-refractivity contribution in [1.29, 1.82) is 0 Å². The Labute approximate surface area is 189 Å². The van der Waals surface area contributed by atoms with Gasteiger partial charge in [0.15, 0.2) is 5.96 Å². The van der Waals surface area contributed by atoms with Crippen molar-refractivity contribution < 1.29 is 4.79 Å². The predicted molar refractivity (Wildman–Crippen MR) is 130 cm³/mol. The van der Waals surface area contributed by atoms with Crippen LogP contribution in [0.2, 0.25) is 0 Å². The number of amides is 1. The number of likely N-dealkylation sites (N-methyl/N-ethyl adjacent to an activating group) is 1. The molecule has 0 saturated carbocycles. The fourth-order valence-corrected chi connectivity index (χ4v) is 3.47. The summed E-state index contributed by atoms with van der Waals surface area (Å²) in [6.45, 7) is 5.94. The van der Waals surface area contributed by atoms with E-state index in [2.05, 4.69) is 65.2 Å². The number of hydrogen-bond donors (Lipinski definition) is 2. The van der Waals surface area contributed by atoms with Gasteiger partial charge in [-0.25, -0.2) is 4.99 Å². The van der Waals surface area contributed by atoms with Gasteiger partial charge in [0, 0.05) is 32.1 Å². The number of carbonyl (C=O) groups is 1. The standard InChI is InChI=1S/C21H30N4OS.HI/c1-16-12-17(2)14-18(13-16)7-9-22-21(24-15-20(26)25(3)4)23-10-8-19-6-5-11-27-19;/h5-6,11-14H,7-10,15H2,1-4H3,(H2,22,23,24);1H. The van der Waals surface area contributed by atoms with Gasteiger partial charge in [-0.05, 0) is 43.7 Å². The summed E-state index contributed by atoms with van der Waals surface area (Å²) in [7, 11) is 3.49. The second-order valence-electron chi connectivity index (χ2n) is 6.88. The molecular formula is C21H31IN4OS. The van der Waals surface area contributed by atoms with E-state index in [-0.39, 0.29) is 36.4 Å². The van der Waals surface area contributed by atoms with Crippen LogP contribution in [0.4, 0.5) is 0 Å². The fourth-order valence-electron chi connectivity index (χ4n) is 2.76. The van der Waals surface area contributed by atoms with Gasteiger partial charge in [0.2, 0.25) is 5.91 Å².